The van der Waals surface area contributed by atoms with Gasteiger partial charge in [0.1, 0.15) is 10.8 Å². The van der Waals surface area contributed by atoms with E-state index in [1.54, 1.807) is 29.8 Å². The Bertz CT molecular complexity index is 868. The predicted molar refractivity (Wildman–Crippen MR) is 85.7 cm³/mol. The topological polar surface area (TPSA) is 94.1 Å². The first kappa shape index (κ1) is 15.4. The summed E-state index contributed by atoms with van der Waals surface area (Å²) in [6.45, 7) is 0.160. The molecule has 0 bridgehead atoms. The SMILES string of the molecule is O=S(=O)(Nc1nccnc1OCc1ccccn1)c1cccs1. The van der Waals surface area contributed by atoms with Gasteiger partial charge in [-0.25, -0.2) is 18.4 Å². The van der Waals surface area contributed by atoms with Crippen LogP contribution in [0, 0.1) is 0 Å². The number of sulfonamides is 1. The van der Waals surface area contributed by atoms with Crippen LogP contribution in [0.2, 0.25) is 0 Å². The molecular formula is C14H12N4O3S2. The lowest BCUT2D eigenvalue weighted by atomic mass is 10.4. The Morgan fingerprint density at radius 3 is 2.65 bits per heavy atom. The number of ether oxygens (including phenoxy) is 1. The number of aromatic nitrogens is 3. The number of hydrogen-bond acceptors (Lipinski definition) is 7. The summed E-state index contributed by atoms with van der Waals surface area (Å²) in [7, 11) is -3.71. The molecule has 0 aliphatic heterocycles. The van der Waals surface area contributed by atoms with Crippen LogP contribution in [0.1, 0.15) is 5.69 Å². The van der Waals surface area contributed by atoms with Gasteiger partial charge in [0.05, 0.1) is 5.69 Å². The molecule has 3 aromatic rings. The third-order valence-corrected chi connectivity index (χ3v) is 5.47. The number of nitrogens with one attached hydrogen (secondary N) is 1. The molecule has 9 heteroatoms. The fraction of sp³-hybridized carbons (Fsp3) is 0.0714. The second kappa shape index (κ2) is 6.71. The van der Waals surface area contributed by atoms with E-state index in [0.29, 0.717) is 5.69 Å². The van der Waals surface area contributed by atoms with Crippen LogP contribution in [0.5, 0.6) is 5.88 Å². The summed E-state index contributed by atoms with van der Waals surface area (Å²) in [6.07, 6.45) is 4.46. The van der Waals surface area contributed by atoms with E-state index in [2.05, 4.69) is 19.7 Å². The maximum Gasteiger partial charge on any atom is 0.272 e. The van der Waals surface area contributed by atoms with Crippen molar-refractivity contribution < 1.29 is 13.2 Å². The second-order valence-corrected chi connectivity index (χ2v) is 7.21. The highest BCUT2D eigenvalue weighted by molar-refractivity contribution is 7.94. The van der Waals surface area contributed by atoms with Gasteiger partial charge < -0.3 is 4.74 Å². The molecule has 7 nitrogen and oxygen atoms in total. The minimum atomic E-state index is -3.71. The molecule has 0 aliphatic carbocycles. The van der Waals surface area contributed by atoms with Gasteiger partial charge in [0.25, 0.3) is 15.9 Å². The van der Waals surface area contributed by atoms with Crippen molar-refractivity contribution >= 4 is 27.2 Å². The summed E-state index contributed by atoms with van der Waals surface area (Å²) in [5.41, 5.74) is 0.699. The van der Waals surface area contributed by atoms with Crippen molar-refractivity contribution in [3.05, 3.63) is 60.0 Å². The van der Waals surface area contributed by atoms with Gasteiger partial charge in [-0.2, -0.15) is 0 Å². The number of pyridine rings is 1. The lowest BCUT2D eigenvalue weighted by Gasteiger charge is -2.10. The number of anilines is 1. The van der Waals surface area contributed by atoms with Gasteiger partial charge in [-0.1, -0.05) is 12.1 Å². The van der Waals surface area contributed by atoms with Crippen LogP contribution in [0.15, 0.2) is 58.5 Å². The second-order valence-electron chi connectivity index (χ2n) is 4.36. The Kier molecular flexibility index (Phi) is 4.49. The molecule has 0 saturated heterocycles. The highest BCUT2D eigenvalue weighted by Gasteiger charge is 2.19. The van der Waals surface area contributed by atoms with Crippen LogP contribution >= 0.6 is 11.3 Å². The van der Waals surface area contributed by atoms with Crippen molar-refractivity contribution in [2.75, 3.05) is 4.72 Å². The van der Waals surface area contributed by atoms with Crippen LogP contribution in [0.3, 0.4) is 0 Å². The number of hydrogen-bond donors (Lipinski definition) is 1. The average Bonchev–Trinajstić information content (AvgIpc) is 3.10. The zero-order chi connectivity index (χ0) is 16.1. The van der Waals surface area contributed by atoms with Crippen LogP contribution in [-0.2, 0) is 16.6 Å². The summed E-state index contributed by atoms with van der Waals surface area (Å²) in [5, 5.41) is 1.68. The summed E-state index contributed by atoms with van der Waals surface area (Å²) in [6, 6.07) is 8.60. The molecule has 0 aliphatic rings. The first-order valence-electron chi connectivity index (χ1n) is 6.55. The predicted octanol–water partition coefficient (Wildman–Crippen LogP) is 2.31. The van der Waals surface area contributed by atoms with E-state index in [1.165, 1.54) is 18.5 Å². The Labute approximate surface area is 137 Å². The van der Waals surface area contributed by atoms with Crippen molar-refractivity contribution in [2.24, 2.45) is 0 Å². The molecule has 1 N–H and O–H groups in total. The van der Waals surface area contributed by atoms with E-state index in [-0.39, 0.29) is 22.5 Å². The van der Waals surface area contributed by atoms with Crippen molar-refractivity contribution in [1.82, 2.24) is 15.0 Å². The lowest BCUT2D eigenvalue weighted by Crippen LogP contribution is -2.14. The monoisotopic (exact) mass is 348 g/mol. The molecule has 0 amide bonds. The van der Waals surface area contributed by atoms with E-state index in [1.807, 2.05) is 6.07 Å². The molecule has 0 unspecified atom stereocenters. The molecule has 3 rings (SSSR count). The van der Waals surface area contributed by atoms with Crippen molar-refractivity contribution in [3.8, 4) is 5.88 Å². The molecule has 0 fully saturated rings. The lowest BCUT2D eigenvalue weighted by molar-refractivity contribution is 0.290. The van der Waals surface area contributed by atoms with Gasteiger partial charge >= 0.3 is 0 Å². The van der Waals surface area contributed by atoms with Crippen molar-refractivity contribution in [1.29, 1.82) is 0 Å². The molecule has 0 saturated carbocycles. The normalized spacial score (nSPS) is 11.1. The summed E-state index contributed by atoms with van der Waals surface area (Å²) < 4.78 is 32.6. The number of rotatable bonds is 6. The van der Waals surface area contributed by atoms with Gasteiger partial charge in [-0.15, -0.1) is 11.3 Å². The molecule has 118 valence electrons. The first-order chi connectivity index (χ1) is 11.1. The van der Waals surface area contributed by atoms with Gasteiger partial charge in [0.2, 0.25) is 5.82 Å². The summed E-state index contributed by atoms with van der Waals surface area (Å²) >= 11 is 1.12. The highest BCUT2D eigenvalue weighted by atomic mass is 32.2. The Balaban J connectivity index is 1.78. The molecule has 0 spiro atoms. The Hall–Kier alpha value is -2.52. The average molecular weight is 348 g/mol. The minimum Gasteiger partial charge on any atom is -0.469 e. The maximum absolute atomic E-state index is 12.3. The quantitative estimate of drug-likeness (QED) is 0.735. The van der Waals surface area contributed by atoms with Crippen molar-refractivity contribution in [2.45, 2.75) is 10.8 Å². The fourth-order valence-electron chi connectivity index (χ4n) is 1.72. The first-order valence-corrected chi connectivity index (χ1v) is 8.91. The van der Waals surface area contributed by atoms with Crippen LogP contribution < -0.4 is 9.46 Å². The van der Waals surface area contributed by atoms with Gasteiger partial charge in [-0.05, 0) is 23.6 Å². The molecule has 3 aromatic heterocycles. The summed E-state index contributed by atoms with van der Waals surface area (Å²) in [4.78, 5) is 12.1. The van der Waals surface area contributed by atoms with Crippen molar-refractivity contribution in [3.63, 3.8) is 0 Å². The Morgan fingerprint density at radius 1 is 1.04 bits per heavy atom. The smallest absolute Gasteiger partial charge is 0.272 e. The van der Waals surface area contributed by atoms with Gasteiger partial charge in [-0.3, -0.25) is 9.71 Å². The molecule has 23 heavy (non-hydrogen) atoms. The van der Waals surface area contributed by atoms with Gasteiger partial charge in [0, 0.05) is 18.6 Å². The minimum absolute atomic E-state index is 0.0387. The van der Waals surface area contributed by atoms with E-state index >= 15 is 0 Å². The zero-order valence-corrected chi connectivity index (χ0v) is 13.4. The fourth-order valence-corrected chi connectivity index (χ4v) is 3.72. The van der Waals surface area contributed by atoms with Crippen LogP contribution in [-0.4, -0.2) is 23.4 Å². The van der Waals surface area contributed by atoms with E-state index in [4.69, 9.17) is 4.74 Å². The Morgan fingerprint density at radius 2 is 1.91 bits per heavy atom. The van der Waals surface area contributed by atoms with E-state index in [9.17, 15) is 8.42 Å². The largest absolute Gasteiger partial charge is 0.469 e. The maximum atomic E-state index is 12.3. The van der Waals surface area contributed by atoms with E-state index in [0.717, 1.165) is 11.3 Å². The molecular weight excluding hydrogens is 336 g/mol. The third-order valence-electron chi connectivity index (χ3n) is 2.74. The molecule has 0 aromatic carbocycles. The summed E-state index contributed by atoms with van der Waals surface area (Å²) in [5.74, 6) is 0.134. The third kappa shape index (κ3) is 3.82. The molecule has 3 heterocycles. The number of nitrogens with zero attached hydrogens (tertiary/aromatic N) is 3. The van der Waals surface area contributed by atoms with Crippen LogP contribution in [0.25, 0.3) is 0 Å². The molecule has 0 atom stereocenters. The van der Waals surface area contributed by atoms with Crippen LogP contribution in [0.4, 0.5) is 5.82 Å². The molecule has 0 radical (unpaired) electrons. The van der Waals surface area contributed by atoms with Gasteiger partial charge in [0.15, 0.2) is 0 Å². The highest BCUT2D eigenvalue weighted by Crippen LogP contribution is 2.24. The van der Waals surface area contributed by atoms with E-state index < -0.39 is 10.0 Å². The standard InChI is InChI=1S/C14H12N4O3S2/c19-23(20,12-5-3-9-22-12)18-13-14(17-8-7-16-13)21-10-11-4-1-2-6-15-11/h1-9H,10H2,(H,16,18). The number of thiophene rings is 1. The zero-order valence-electron chi connectivity index (χ0n) is 11.8.